The smallest absolute Gasteiger partial charge is 0.253 e. The number of para-hydroxylation sites is 1. The second-order valence-corrected chi connectivity index (χ2v) is 8.64. The van der Waals surface area contributed by atoms with E-state index in [-0.39, 0.29) is 18.4 Å². The molecule has 3 atom stereocenters. The highest BCUT2D eigenvalue weighted by Gasteiger charge is 2.34. The summed E-state index contributed by atoms with van der Waals surface area (Å²) in [6, 6.07) is 14.1. The molecule has 2 aromatic rings. The van der Waals surface area contributed by atoms with Gasteiger partial charge in [-0.2, -0.15) is 0 Å². The first kappa shape index (κ1) is 23.4. The highest BCUT2D eigenvalue weighted by molar-refractivity contribution is 6.06. The van der Waals surface area contributed by atoms with Crippen molar-refractivity contribution in [2.24, 2.45) is 0 Å². The lowest BCUT2D eigenvalue weighted by molar-refractivity contribution is -0.128. The molecule has 4 rings (SSSR count). The number of β-amino-alcohol motifs (C(OH)–C–C–N with tert-alkyl or cyclic N) is 1. The van der Waals surface area contributed by atoms with Gasteiger partial charge in [-0.05, 0) is 24.1 Å². The Morgan fingerprint density at radius 1 is 1.12 bits per heavy atom. The summed E-state index contributed by atoms with van der Waals surface area (Å²) < 4.78 is 5.33. The van der Waals surface area contributed by atoms with Gasteiger partial charge in [0.15, 0.2) is 0 Å². The molecule has 176 valence electrons. The summed E-state index contributed by atoms with van der Waals surface area (Å²) in [5.74, 6) is -0.485. The minimum Gasteiger partial charge on any atom is -0.390 e. The van der Waals surface area contributed by atoms with E-state index in [9.17, 15) is 14.7 Å². The molecule has 0 bridgehead atoms. The molecule has 0 radical (unpaired) electrons. The Kier molecular flexibility index (Phi) is 7.39. The fraction of sp³-hybridized carbons (Fsp3) is 0.440. The predicted octanol–water partition coefficient (Wildman–Crippen LogP) is 1.16. The van der Waals surface area contributed by atoms with Gasteiger partial charge in [-0.15, -0.1) is 0 Å². The minimum absolute atomic E-state index is 0.194. The van der Waals surface area contributed by atoms with Crippen LogP contribution in [-0.2, 0) is 14.3 Å². The summed E-state index contributed by atoms with van der Waals surface area (Å²) >= 11 is 0. The summed E-state index contributed by atoms with van der Waals surface area (Å²) in [7, 11) is 1.73. The number of nitrogens with one attached hydrogen (secondary N) is 2. The molecule has 2 aliphatic rings. The number of nitrogens with zero attached hydrogens (tertiary/aromatic N) is 2. The van der Waals surface area contributed by atoms with Gasteiger partial charge in [-0.1, -0.05) is 42.5 Å². The summed E-state index contributed by atoms with van der Waals surface area (Å²) in [6.45, 7) is 5.50. The Bertz CT molecular complexity index is 992. The third-order valence-corrected chi connectivity index (χ3v) is 6.32. The van der Waals surface area contributed by atoms with E-state index in [1.807, 2.05) is 48.5 Å². The number of anilines is 1. The molecule has 0 aromatic heterocycles. The van der Waals surface area contributed by atoms with Crippen molar-refractivity contribution >= 4 is 17.5 Å². The van der Waals surface area contributed by atoms with Crippen LogP contribution in [0.2, 0.25) is 0 Å². The number of likely N-dealkylation sites (N-methyl/N-ethyl adjacent to an activating group) is 1. The number of rotatable bonds is 7. The van der Waals surface area contributed by atoms with Crippen molar-refractivity contribution in [3.63, 3.8) is 0 Å². The molecule has 2 aliphatic heterocycles. The molecule has 1 saturated heterocycles. The summed E-state index contributed by atoms with van der Waals surface area (Å²) in [4.78, 5) is 30.1. The van der Waals surface area contributed by atoms with Crippen LogP contribution in [-0.4, -0.2) is 80.4 Å². The van der Waals surface area contributed by atoms with E-state index in [0.717, 1.165) is 35.5 Å². The zero-order valence-electron chi connectivity index (χ0n) is 19.2. The van der Waals surface area contributed by atoms with Crippen LogP contribution < -0.4 is 15.5 Å². The first-order valence-corrected chi connectivity index (χ1v) is 11.4. The van der Waals surface area contributed by atoms with E-state index < -0.39 is 18.2 Å². The van der Waals surface area contributed by atoms with Crippen molar-refractivity contribution in [2.45, 2.75) is 25.1 Å². The van der Waals surface area contributed by atoms with Gasteiger partial charge in [0.25, 0.3) is 5.91 Å². The Labute approximate surface area is 194 Å². The number of benzene rings is 2. The molecule has 1 fully saturated rings. The van der Waals surface area contributed by atoms with Crippen LogP contribution in [0.3, 0.4) is 0 Å². The first-order chi connectivity index (χ1) is 16.0. The van der Waals surface area contributed by atoms with Gasteiger partial charge >= 0.3 is 0 Å². The molecule has 8 nitrogen and oxygen atoms in total. The monoisotopic (exact) mass is 452 g/mol. The molecule has 3 unspecified atom stereocenters. The average molecular weight is 453 g/mol. The summed E-state index contributed by atoms with van der Waals surface area (Å²) in [5.41, 5.74) is 3.46. The van der Waals surface area contributed by atoms with E-state index in [4.69, 9.17) is 4.74 Å². The molecular weight excluding hydrogens is 420 g/mol. The summed E-state index contributed by atoms with van der Waals surface area (Å²) in [5, 5.41) is 16.4. The van der Waals surface area contributed by atoms with Crippen LogP contribution in [0, 0.1) is 0 Å². The van der Waals surface area contributed by atoms with Gasteiger partial charge in [0, 0.05) is 38.8 Å². The largest absolute Gasteiger partial charge is 0.390 e. The predicted molar refractivity (Wildman–Crippen MR) is 127 cm³/mol. The highest BCUT2D eigenvalue weighted by Crippen LogP contribution is 2.39. The van der Waals surface area contributed by atoms with Crippen LogP contribution in [0.5, 0.6) is 0 Å². The number of ether oxygens (including phenoxy) is 1. The van der Waals surface area contributed by atoms with Crippen molar-refractivity contribution in [1.82, 2.24) is 15.5 Å². The van der Waals surface area contributed by atoms with E-state index >= 15 is 0 Å². The van der Waals surface area contributed by atoms with Crippen molar-refractivity contribution in [3.8, 4) is 11.1 Å². The van der Waals surface area contributed by atoms with E-state index in [2.05, 4.69) is 15.5 Å². The molecule has 0 saturated carbocycles. The second-order valence-electron chi connectivity index (χ2n) is 8.64. The normalized spacial score (nSPS) is 20.4. The van der Waals surface area contributed by atoms with Gasteiger partial charge < -0.3 is 25.4 Å². The van der Waals surface area contributed by atoms with Gasteiger partial charge in [0.05, 0.1) is 31.0 Å². The third-order valence-electron chi connectivity index (χ3n) is 6.32. The lowest BCUT2D eigenvalue weighted by atomic mass is 9.95. The molecule has 2 amide bonds. The maximum atomic E-state index is 13.4. The maximum Gasteiger partial charge on any atom is 0.253 e. The molecular formula is C25H32N4O4. The van der Waals surface area contributed by atoms with Crippen LogP contribution in [0.1, 0.15) is 18.5 Å². The third kappa shape index (κ3) is 5.25. The Hall–Kier alpha value is -2.78. The average Bonchev–Trinajstić information content (AvgIpc) is 2.93. The zero-order chi connectivity index (χ0) is 23.4. The molecule has 2 aromatic carbocycles. The van der Waals surface area contributed by atoms with E-state index in [0.29, 0.717) is 19.8 Å². The number of amides is 2. The van der Waals surface area contributed by atoms with Gasteiger partial charge in [0.1, 0.15) is 6.04 Å². The number of hydrogen-bond acceptors (Lipinski definition) is 6. The van der Waals surface area contributed by atoms with Crippen molar-refractivity contribution in [3.05, 3.63) is 54.1 Å². The fourth-order valence-electron chi connectivity index (χ4n) is 4.39. The number of aliphatic hydroxyl groups is 1. The zero-order valence-corrected chi connectivity index (χ0v) is 19.2. The minimum atomic E-state index is -0.798. The number of morpholine rings is 1. The first-order valence-electron chi connectivity index (χ1n) is 11.4. The van der Waals surface area contributed by atoms with Crippen molar-refractivity contribution in [2.75, 3.05) is 51.3 Å². The Morgan fingerprint density at radius 3 is 2.55 bits per heavy atom. The fourth-order valence-corrected chi connectivity index (χ4v) is 4.39. The molecule has 33 heavy (non-hydrogen) atoms. The number of fused-ring (bicyclic) bond motifs is 3. The van der Waals surface area contributed by atoms with Crippen molar-refractivity contribution in [1.29, 1.82) is 0 Å². The van der Waals surface area contributed by atoms with Gasteiger partial charge in [0.2, 0.25) is 5.91 Å². The number of carbonyl (C=O) groups excluding carboxylic acids is 2. The number of aliphatic hydroxyl groups excluding tert-OH is 1. The highest BCUT2D eigenvalue weighted by atomic mass is 16.5. The van der Waals surface area contributed by atoms with Crippen LogP contribution in [0.25, 0.3) is 11.1 Å². The standard InChI is InChI=1S/C25H32N4O4/c1-17(26-15-18(30)16-29-11-13-33-14-12-29)24(31)27-23-21-9-4-3-7-19(21)20-8-5-6-10-22(20)28(2)25(23)32/h3-10,17-18,23,26,30H,11-16H2,1-2H3,(H,27,31). The lowest BCUT2D eigenvalue weighted by Crippen LogP contribution is -2.50. The Morgan fingerprint density at radius 2 is 1.79 bits per heavy atom. The quantitative estimate of drug-likeness (QED) is 0.584. The number of hydrogen-bond donors (Lipinski definition) is 3. The summed E-state index contributed by atoms with van der Waals surface area (Å²) in [6.07, 6.45) is -0.598. The molecule has 8 heteroatoms. The molecule has 2 heterocycles. The molecule has 0 aliphatic carbocycles. The topological polar surface area (TPSA) is 94.1 Å². The van der Waals surface area contributed by atoms with Crippen LogP contribution in [0.15, 0.2) is 48.5 Å². The maximum absolute atomic E-state index is 13.4. The van der Waals surface area contributed by atoms with Crippen molar-refractivity contribution < 1.29 is 19.4 Å². The SMILES string of the molecule is CC(NCC(O)CN1CCOCC1)C(=O)NC1C(=O)N(C)c2ccccc2-c2ccccc21. The van der Waals surface area contributed by atoms with Crippen LogP contribution in [0.4, 0.5) is 5.69 Å². The second kappa shape index (κ2) is 10.4. The van der Waals surface area contributed by atoms with Gasteiger partial charge in [-0.3, -0.25) is 14.5 Å². The molecule has 3 N–H and O–H groups in total. The molecule has 0 spiro atoms. The van der Waals surface area contributed by atoms with E-state index in [1.54, 1.807) is 18.9 Å². The van der Waals surface area contributed by atoms with Crippen LogP contribution >= 0.6 is 0 Å². The Balaban J connectivity index is 1.43. The van der Waals surface area contributed by atoms with Gasteiger partial charge in [-0.25, -0.2) is 0 Å². The number of carbonyl (C=O) groups is 2. The lowest BCUT2D eigenvalue weighted by Gasteiger charge is -2.29. The van der Waals surface area contributed by atoms with E-state index in [1.165, 1.54) is 0 Å².